The molecule has 2 rings (SSSR count). The molecule has 1 aromatic heterocycles. The molecule has 4 nitrogen and oxygen atoms in total. The largest absolute Gasteiger partial charge is 0.383 e. The van der Waals surface area contributed by atoms with E-state index >= 15 is 0 Å². The van der Waals surface area contributed by atoms with Crippen LogP contribution in [-0.2, 0) is 17.8 Å². The fourth-order valence-corrected chi connectivity index (χ4v) is 1.84. The van der Waals surface area contributed by atoms with Crippen molar-refractivity contribution in [2.45, 2.75) is 13.1 Å². The summed E-state index contributed by atoms with van der Waals surface area (Å²) < 4.78 is 6.94. The minimum absolute atomic E-state index is 0.683. The second-order valence-corrected chi connectivity index (χ2v) is 4.21. The summed E-state index contributed by atoms with van der Waals surface area (Å²) in [6, 6.07) is 8.53. The van der Waals surface area contributed by atoms with Gasteiger partial charge in [0.1, 0.15) is 0 Å². The van der Waals surface area contributed by atoms with Gasteiger partial charge < -0.3 is 10.1 Å². The monoisotopic (exact) mass is 245 g/mol. The van der Waals surface area contributed by atoms with E-state index in [-0.39, 0.29) is 0 Å². The molecule has 0 aliphatic carbocycles. The Morgan fingerprint density at radius 1 is 1.22 bits per heavy atom. The fraction of sp³-hybridized carbons (Fsp3) is 0.357. The summed E-state index contributed by atoms with van der Waals surface area (Å²) in [6.07, 6.45) is 3.94. The van der Waals surface area contributed by atoms with E-state index in [1.165, 1.54) is 11.1 Å². The number of rotatable bonds is 6. The zero-order valence-electron chi connectivity index (χ0n) is 10.9. The average molecular weight is 245 g/mol. The molecule has 96 valence electrons. The first-order chi connectivity index (χ1) is 8.83. The van der Waals surface area contributed by atoms with Gasteiger partial charge in [-0.25, -0.2) is 0 Å². The lowest BCUT2D eigenvalue weighted by atomic mass is 10.1. The zero-order valence-corrected chi connectivity index (χ0v) is 10.9. The molecule has 0 aliphatic heterocycles. The van der Waals surface area contributed by atoms with E-state index in [0.717, 1.165) is 18.7 Å². The molecule has 0 bridgehead atoms. The molecule has 0 saturated carbocycles. The van der Waals surface area contributed by atoms with E-state index in [1.807, 2.05) is 24.1 Å². The number of hydrogen-bond donors (Lipinski definition) is 1. The molecule has 4 heteroatoms. The van der Waals surface area contributed by atoms with Gasteiger partial charge in [-0.1, -0.05) is 24.3 Å². The molecule has 0 spiro atoms. The van der Waals surface area contributed by atoms with Gasteiger partial charge in [0.25, 0.3) is 0 Å². The highest BCUT2D eigenvalue weighted by atomic mass is 16.5. The van der Waals surface area contributed by atoms with Gasteiger partial charge in [0.05, 0.1) is 19.3 Å². The highest BCUT2D eigenvalue weighted by Crippen LogP contribution is 2.18. The normalized spacial score (nSPS) is 10.8. The predicted molar refractivity (Wildman–Crippen MR) is 72.3 cm³/mol. The Bertz CT molecular complexity index is 476. The summed E-state index contributed by atoms with van der Waals surface area (Å²) in [5.74, 6) is 0. The highest BCUT2D eigenvalue weighted by Gasteiger charge is 2.01. The summed E-state index contributed by atoms with van der Waals surface area (Å²) in [5, 5.41) is 7.45. The Morgan fingerprint density at radius 3 is 2.67 bits per heavy atom. The first kappa shape index (κ1) is 12.8. The molecular weight excluding hydrogens is 226 g/mol. The van der Waals surface area contributed by atoms with Crippen LogP contribution in [0.1, 0.15) is 5.56 Å². The van der Waals surface area contributed by atoms with Crippen LogP contribution in [0, 0.1) is 0 Å². The Labute approximate surface area is 108 Å². The van der Waals surface area contributed by atoms with Crippen LogP contribution in [0.5, 0.6) is 0 Å². The Hall–Kier alpha value is -1.65. The van der Waals surface area contributed by atoms with Crippen LogP contribution in [0.3, 0.4) is 0 Å². The topological polar surface area (TPSA) is 39.1 Å². The quantitative estimate of drug-likeness (QED) is 0.845. The molecule has 0 saturated heterocycles. The van der Waals surface area contributed by atoms with Crippen LogP contribution in [-0.4, -0.2) is 30.5 Å². The molecule has 1 N–H and O–H groups in total. The van der Waals surface area contributed by atoms with Crippen LogP contribution >= 0.6 is 0 Å². The van der Waals surface area contributed by atoms with E-state index in [9.17, 15) is 0 Å². The van der Waals surface area contributed by atoms with Crippen molar-refractivity contribution in [1.82, 2.24) is 15.1 Å². The highest BCUT2D eigenvalue weighted by molar-refractivity contribution is 5.61. The Kier molecular flexibility index (Phi) is 4.50. The van der Waals surface area contributed by atoms with Gasteiger partial charge in [-0.05, 0) is 18.2 Å². The summed E-state index contributed by atoms with van der Waals surface area (Å²) >= 11 is 0. The summed E-state index contributed by atoms with van der Waals surface area (Å²) in [4.78, 5) is 0. The Balaban J connectivity index is 2.08. The van der Waals surface area contributed by atoms with Gasteiger partial charge in [0.15, 0.2) is 0 Å². The molecule has 0 fully saturated rings. The van der Waals surface area contributed by atoms with Crippen molar-refractivity contribution in [3.63, 3.8) is 0 Å². The molecule has 0 aliphatic rings. The smallest absolute Gasteiger partial charge is 0.0658 e. The number of ether oxygens (including phenoxy) is 1. The van der Waals surface area contributed by atoms with E-state index in [1.54, 1.807) is 7.11 Å². The van der Waals surface area contributed by atoms with E-state index in [0.29, 0.717) is 6.61 Å². The average Bonchev–Trinajstić information content (AvgIpc) is 2.86. The molecular formula is C14H19N3O. The molecule has 1 aromatic carbocycles. The first-order valence-corrected chi connectivity index (χ1v) is 6.09. The van der Waals surface area contributed by atoms with Gasteiger partial charge in [-0.3, -0.25) is 4.68 Å². The maximum absolute atomic E-state index is 5.04. The minimum Gasteiger partial charge on any atom is -0.383 e. The van der Waals surface area contributed by atoms with Gasteiger partial charge in [0, 0.05) is 25.4 Å². The van der Waals surface area contributed by atoms with Crippen molar-refractivity contribution in [2.24, 2.45) is 0 Å². The fourth-order valence-electron chi connectivity index (χ4n) is 1.84. The molecule has 18 heavy (non-hydrogen) atoms. The first-order valence-electron chi connectivity index (χ1n) is 6.09. The third-order valence-corrected chi connectivity index (χ3v) is 2.83. The van der Waals surface area contributed by atoms with Crippen LogP contribution in [0.15, 0.2) is 36.7 Å². The standard InChI is InChI=1S/C14H19N3O/c1-15-9-12-3-5-13(6-4-12)14-10-16-17(11-14)7-8-18-2/h3-6,10-11,15H,7-9H2,1-2H3. The van der Waals surface area contributed by atoms with Crippen molar-refractivity contribution in [2.75, 3.05) is 20.8 Å². The summed E-state index contributed by atoms with van der Waals surface area (Å²) in [6.45, 7) is 2.37. The maximum atomic E-state index is 5.04. The molecule has 0 atom stereocenters. The van der Waals surface area contributed by atoms with E-state index < -0.39 is 0 Å². The molecule has 2 aromatic rings. The van der Waals surface area contributed by atoms with Crippen molar-refractivity contribution in [1.29, 1.82) is 0 Å². The minimum atomic E-state index is 0.683. The molecule has 1 heterocycles. The number of hydrogen-bond acceptors (Lipinski definition) is 3. The lowest BCUT2D eigenvalue weighted by Crippen LogP contribution is -2.04. The zero-order chi connectivity index (χ0) is 12.8. The van der Waals surface area contributed by atoms with Crippen molar-refractivity contribution < 1.29 is 4.74 Å². The predicted octanol–water partition coefficient (Wildman–Crippen LogP) is 1.92. The number of methoxy groups -OCH3 is 1. The maximum Gasteiger partial charge on any atom is 0.0658 e. The molecule has 0 radical (unpaired) electrons. The summed E-state index contributed by atoms with van der Waals surface area (Å²) in [5.41, 5.74) is 3.62. The second kappa shape index (κ2) is 6.33. The number of nitrogens with zero attached hydrogens (tertiary/aromatic N) is 2. The molecule has 0 amide bonds. The van der Waals surface area contributed by atoms with Gasteiger partial charge in [-0.15, -0.1) is 0 Å². The van der Waals surface area contributed by atoms with Crippen molar-refractivity contribution in [3.8, 4) is 11.1 Å². The number of nitrogens with one attached hydrogen (secondary N) is 1. The van der Waals surface area contributed by atoms with Gasteiger partial charge >= 0.3 is 0 Å². The van der Waals surface area contributed by atoms with Crippen molar-refractivity contribution in [3.05, 3.63) is 42.2 Å². The SMILES string of the molecule is CNCc1ccc(-c2cnn(CCOC)c2)cc1. The van der Waals surface area contributed by atoms with Crippen LogP contribution in [0.25, 0.3) is 11.1 Å². The van der Waals surface area contributed by atoms with E-state index in [4.69, 9.17) is 4.74 Å². The number of benzene rings is 1. The third kappa shape index (κ3) is 3.18. The molecule has 0 unspecified atom stereocenters. The Morgan fingerprint density at radius 2 is 2.00 bits per heavy atom. The van der Waals surface area contributed by atoms with Gasteiger partial charge in [0.2, 0.25) is 0 Å². The number of aromatic nitrogens is 2. The lowest BCUT2D eigenvalue weighted by molar-refractivity contribution is 0.183. The van der Waals surface area contributed by atoms with Crippen molar-refractivity contribution >= 4 is 0 Å². The van der Waals surface area contributed by atoms with Gasteiger partial charge in [-0.2, -0.15) is 5.10 Å². The van der Waals surface area contributed by atoms with Crippen LogP contribution in [0.2, 0.25) is 0 Å². The third-order valence-electron chi connectivity index (χ3n) is 2.83. The summed E-state index contributed by atoms with van der Waals surface area (Å²) in [7, 11) is 3.65. The van der Waals surface area contributed by atoms with E-state index in [2.05, 4.69) is 34.7 Å². The lowest BCUT2D eigenvalue weighted by Gasteiger charge is -2.02. The van der Waals surface area contributed by atoms with Crippen LogP contribution < -0.4 is 5.32 Å². The second-order valence-electron chi connectivity index (χ2n) is 4.21. The van der Waals surface area contributed by atoms with Crippen LogP contribution in [0.4, 0.5) is 0 Å².